The molecule has 0 saturated carbocycles. The van der Waals surface area contributed by atoms with Gasteiger partial charge in [0.2, 0.25) is 0 Å². The summed E-state index contributed by atoms with van der Waals surface area (Å²) in [5.41, 5.74) is 2.28. The molecule has 3 aromatic rings. The van der Waals surface area contributed by atoms with E-state index < -0.39 is 0 Å². The first-order chi connectivity index (χ1) is 10.3. The molecule has 0 saturated heterocycles. The maximum Gasteiger partial charge on any atom is 0.0892 e. The molecule has 3 heterocycles. The van der Waals surface area contributed by atoms with Crippen molar-refractivity contribution in [3.05, 3.63) is 51.1 Å². The quantitative estimate of drug-likeness (QED) is 0.722. The zero-order valence-electron chi connectivity index (χ0n) is 11.8. The van der Waals surface area contributed by atoms with Crippen LogP contribution in [0.4, 0.5) is 0 Å². The molecule has 110 valence electrons. The number of nitrogens with one attached hydrogen (secondary N) is 1. The summed E-state index contributed by atoms with van der Waals surface area (Å²) in [5, 5.41) is 8.06. The minimum absolute atomic E-state index is 0.261. The van der Waals surface area contributed by atoms with Crippen molar-refractivity contribution in [1.29, 1.82) is 0 Å². The minimum atomic E-state index is 0.261. The molecule has 0 amide bonds. The molecule has 6 heteroatoms. The lowest BCUT2D eigenvalue weighted by molar-refractivity contribution is 0.535. The van der Waals surface area contributed by atoms with Crippen molar-refractivity contribution in [3.8, 4) is 0 Å². The summed E-state index contributed by atoms with van der Waals surface area (Å²) in [6, 6.07) is 4.55. The van der Waals surface area contributed by atoms with Crippen LogP contribution in [0.2, 0.25) is 0 Å². The number of fused-ring (bicyclic) bond motifs is 1. The standard InChI is InChI=1S/C15H17BrN4S/c1-2-5-18-13(8-11-3-4-15(16)21-11)12-9-19-20-7-6-17-10-14(12)20/h3-4,6-7,9-10,13,18H,2,5,8H2,1H3. The number of aromatic nitrogens is 3. The third-order valence-corrected chi connectivity index (χ3v) is 5.05. The predicted octanol–water partition coefficient (Wildman–Crippen LogP) is 3.84. The highest BCUT2D eigenvalue weighted by Gasteiger charge is 2.17. The first-order valence-electron chi connectivity index (χ1n) is 7.02. The second kappa shape index (κ2) is 6.68. The fraction of sp³-hybridized carbons (Fsp3) is 0.333. The lowest BCUT2D eigenvalue weighted by atomic mass is 10.0. The monoisotopic (exact) mass is 364 g/mol. The van der Waals surface area contributed by atoms with Crippen LogP contribution in [-0.2, 0) is 6.42 Å². The van der Waals surface area contributed by atoms with Gasteiger partial charge in [-0.2, -0.15) is 5.10 Å². The average molecular weight is 365 g/mol. The average Bonchev–Trinajstić information content (AvgIpc) is 3.09. The number of nitrogens with zero attached hydrogens (tertiary/aromatic N) is 3. The Labute approximate surface area is 136 Å². The van der Waals surface area contributed by atoms with Crippen molar-refractivity contribution in [3.63, 3.8) is 0 Å². The summed E-state index contributed by atoms with van der Waals surface area (Å²) >= 11 is 5.32. The Hall–Kier alpha value is -1.24. The number of rotatable bonds is 6. The molecule has 0 aliphatic heterocycles. The van der Waals surface area contributed by atoms with Crippen molar-refractivity contribution < 1.29 is 0 Å². The summed E-state index contributed by atoms with van der Waals surface area (Å²) in [5.74, 6) is 0. The van der Waals surface area contributed by atoms with E-state index in [0.29, 0.717) is 0 Å². The Balaban J connectivity index is 1.91. The maximum absolute atomic E-state index is 4.43. The highest BCUT2D eigenvalue weighted by molar-refractivity contribution is 9.11. The van der Waals surface area contributed by atoms with Crippen molar-refractivity contribution in [2.24, 2.45) is 0 Å². The minimum Gasteiger partial charge on any atom is -0.310 e. The molecular formula is C15H17BrN4S. The molecule has 0 aliphatic carbocycles. The van der Waals surface area contributed by atoms with Gasteiger partial charge in [0, 0.05) is 35.3 Å². The second-order valence-corrected chi connectivity index (χ2v) is 7.47. The number of hydrogen-bond donors (Lipinski definition) is 1. The second-order valence-electron chi connectivity index (χ2n) is 4.92. The normalized spacial score (nSPS) is 12.9. The topological polar surface area (TPSA) is 42.2 Å². The third kappa shape index (κ3) is 3.33. The van der Waals surface area contributed by atoms with Gasteiger partial charge in [-0.05, 0) is 41.0 Å². The SMILES string of the molecule is CCCNC(Cc1ccc(Br)s1)c1cnn2ccncc12. The fourth-order valence-corrected chi connectivity index (χ4v) is 3.92. The summed E-state index contributed by atoms with van der Waals surface area (Å²) in [4.78, 5) is 5.59. The van der Waals surface area contributed by atoms with E-state index in [-0.39, 0.29) is 6.04 Å². The molecule has 1 N–H and O–H groups in total. The Morgan fingerprint density at radius 3 is 3.05 bits per heavy atom. The van der Waals surface area contributed by atoms with Gasteiger partial charge in [-0.1, -0.05) is 6.92 Å². The van der Waals surface area contributed by atoms with Crippen LogP contribution < -0.4 is 5.32 Å². The van der Waals surface area contributed by atoms with Crippen molar-refractivity contribution >= 4 is 32.8 Å². The molecule has 3 rings (SSSR count). The van der Waals surface area contributed by atoms with Gasteiger partial charge >= 0.3 is 0 Å². The molecular weight excluding hydrogens is 348 g/mol. The summed E-state index contributed by atoms with van der Waals surface area (Å²) in [6.45, 7) is 3.18. The van der Waals surface area contributed by atoms with Crippen LogP contribution in [0.1, 0.15) is 29.8 Å². The van der Waals surface area contributed by atoms with E-state index in [1.807, 2.05) is 23.1 Å². The van der Waals surface area contributed by atoms with Gasteiger partial charge in [0.25, 0.3) is 0 Å². The van der Waals surface area contributed by atoms with Crippen LogP contribution >= 0.6 is 27.3 Å². The molecule has 0 spiro atoms. The van der Waals surface area contributed by atoms with Crippen LogP contribution in [0.3, 0.4) is 0 Å². The largest absolute Gasteiger partial charge is 0.310 e. The Kier molecular flexibility index (Phi) is 4.67. The van der Waals surface area contributed by atoms with E-state index in [1.165, 1.54) is 14.2 Å². The van der Waals surface area contributed by atoms with E-state index in [1.54, 1.807) is 17.5 Å². The van der Waals surface area contributed by atoms with Gasteiger partial charge in [0.15, 0.2) is 0 Å². The zero-order chi connectivity index (χ0) is 14.7. The Morgan fingerprint density at radius 1 is 1.38 bits per heavy atom. The van der Waals surface area contributed by atoms with Crippen LogP contribution in [-0.4, -0.2) is 21.1 Å². The third-order valence-electron chi connectivity index (χ3n) is 3.40. The smallest absolute Gasteiger partial charge is 0.0892 e. The summed E-state index contributed by atoms with van der Waals surface area (Å²) in [7, 11) is 0. The molecule has 1 unspecified atom stereocenters. The van der Waals surface area contributed by atoms with Crippen molar-refractivity contribution in [1.82, 2.24) is 19.9 Å². The van der Waals surface area contributed by atoms with E-state index in [0.717, 1.165) is 24.9 Å². The van der Waals surface area contributed by atoms with Gasteiger partial charge in [-0.25, -0.2) is 4.52 Å². The number of hydrogen-bond acceptors (Lipinski definition) is 4. The first kappa shape index (κ1) is 14.7. The first-order valence-corrected chi connectivity index (χ1v) is 8.63. The van der Waals surface area contributed by atoms with E-state index >= 15 is 0 Å². The van der Waals surface area contributed by atoms with E-state index in [4.69, 9.17) is 0 Å². The lowest BCUT2D eigenvalue weighted by Gasteiger charge is -2.17. The molecule has 0 bridgehead atoms. The van der Waals surface area contributed by atoms with Gasteiger partial charge in [-0.3, -0.25) is 4.98 Å². The fourth-order valence-electron chi connectivity index (χ4n) is 2.39. The highest BCUT2D eigenvalue weighted by atomic mass is 79.9. The highest BCUT2D eigenvalue weighted by Crippen LogP contribution is 2.28. The van der Waals surface area contributed by atoms with Gasteiger partial charge < -0.3 is 5.32 Å². The predicted molar refractivity (Wildman–Crippen MR) is 89.7 cm³/mol. The molecule has 21 heavy (non-hydrogen) atoms. The van der Waals surface area contributed by atoms with Gasteiger partial charge in [0.05, 0.1) is 21.7 Å². The van der Waals surface area contributed by atoms with E-state index in [9.17, 15) is 0 Å². The van der Waals surface area contributed by atoms with Crippen LogP contribution in [0.5, 0.6) is 0 Å². The van der Waals surface area contributed by atoms with E-state index in [2.05, 4.69) is 50.4 Å². The molecule has 3 aromatic heterocycles. The summed E-state index contributed by atoms with van der Waals surface area (Å²) in [6.07, 6.45) is 9.56. The number of thiophene rings is 1. The maximum atomic E-state index is 4.43. The van der Waals surface area contributed by atoms with Gasteiger partial charge in [0.1, 0.15) is 0 Å². The lowest BCUT2D eigenvalue weighted by Crippen LogP contribution is -2.23. The van der Waals surface area contributed by atoms with Crippen molar-refractivity contribution in [2.75, 3.05) is 6.54 Å². The summed E-state index contributed by atoms with van der Waals surface area (Å²) < 4.78 is 3.06. The van der Waals surface area contributed by atoms with Crippen LogP contribution in [0, 0.1) is 0 Å². The molecule has 0 radical (unpaired) electrons. The Morgan fingerprint density at radius 2 is 2.29 bits per heavy atom. The Bertz CT molecular complexity index is 721. The molecule has 0 fully saturated rings. The molecule has 1 atom stereocenters. The van der Waals surface area contributed by atoms with Crippen LogP contribution in [0.15, 0.2) is 40.7 Å². The molecule has 0 aliphatic rings. The zero-order valence-corrected chi connectivity index (χ0v) is 14.2. The molecule has 4 nitrogen and oxygen atoms in total. The molecule has 0 aromatic carbocycles. The van der Waals surface area contributed by atoms with Crippen LogP contribution in [0.25, 0.3) is 5.52 Å². The van der Waals surface area contributed by atoms with Crippen molar-refractivity contribution in [2.45, 2.75) is 25.8 Å². The van der Waals surface area contributed by atoms with Gasteiger partial charge in [-0.15, -0.1) is 11.3 Å². The number of halogens is 1.